The number of nitrogens with one attached hydrogen (secondary N) is 1. The Bertz CT molecular complexity index is 1450. The summed E-state index contributed by atoms with van der Waals surface area (Å²) < 4.78 is 127. The molecule has 1 saturated carbocycles. The predicted molar refractivity (Wildman–Crippen MR) is 127 cm³/mol. The van der Waals surface area contributed by atoms with Crippen LogP contribution in [0.15, 0.2) is 42.6 Å². The fourth-order valence-corrected chi connectivity index (χ4v) is 6.27. The van der Waals surface area contributed by atoms with Gasteiger partial charge in [-0.25, -0.2) is 12.8 Å². The fraction of sp³-hybridized carbons (Fsp3) is 0.440. The van der Waals surface area contributed by atoms with Crippen LogP contribution in [0.2, 0.25) is 0 Å². The summed E-state index contributed by atoms with van der Waals surface area (Å²) in [5.41, 5.74) is -4.39. The second-order valence-corrected chi connectivity index (χ2v) is 12.1. The second kappa shape index (κ2) is 9.53. The number of benzene rings is 2. The molecule has 38 heavy (non-hydrogen) atoms. The molecule has 0 aliphatic heterocycles. The lowest BCUT2D eigenvalue weighted by atomic mass is 9.96. The molecule has 0 amide bonds. The summed E-state index contributed by atoms with van der Waals surface area (Å²) in [6.07, 6.45) is -8.04. The first-order valence-electron chi connectivity index (χ1n) is 11.7. The molecule has 1 aromatic heterocycles. The molecule has 0 bridgehead atoms. The topological polar surface area (TPSA) is 71.3 Å². The van der Waals surface area contributed by atoms with Crippen LogP contribution < -0.4 is 4.72 Å². The number of aliphatic hydroxyl groups is 1. The first kappa shape index (κ1) is 28.4. The van der Waals surface area contributed by atoms with Gasteiger partial charge in [0.25, 0.3) is 0 Å². The molecular formula is C25H25F7N2O3S. The number of sulfonamides is 1. The van der Waals surface area contributed by atoms with E-state index in [-0.39, 0.29) is 30.3 Å². The highest BCUT2D eigenvalue weighted by molar-refractivity contribution is 7.90. The van der Waals surface area contributed by atoms with Crippen molar-refractivity contribution in [2.75, 3.05) is 0 Å². The number of aromatic nitrogens is 1. The van der Waals surface area contributed by atoms with E-state index >= 15 is 4.39 Å². The maximum Gasteiger partial charge on any atom is 0.417 e. The van der Waals surface area contributed by atoms with Crippen LogP contribution in [0.5, 0.6) is 0 Å². The Labute approximate surface area is 214 Å². The molecule has 0 saturated heterocycles. The number of nitrogens with zero attached hydrogens (tertiary/aromatic N) is 1. The summed E-state index contributed by atoms with van der Waals surface area (Å²) in [5, 5.41) is 9.02. The number of hydrogen-bond donors (Lipinski definition) is 2. The van der Waals surface area contributed by atoms with Crippen LogP contribution in [0.1, 0.15) is 50.3 Å². The van der Waals surface area contributed by atoms with E-state index in [9.17, 15) is 39.9 Å². The van der Waals surface area contributed by atoms with Gasteiger partial charge in [-0.2, -0.15) is 31.1 Å². The Morgan fingerprint density at radius 1 is 1.05 bits per heavy atom. The molecule has 208 valence electrons. The highest BCUT2D eigenvalue weighted by atomic mass is 32.2. The molecule has 2 N–H and O–H groups in total. The minimum absolute atomic E-state index is 0.104. The fourth-order valence-electron chi connectivity index (χ4n) is 4.54. The van der Waals surface area contributed by atoms with E-state index < -0.39 is 67.3 Å². The van der Waals surface area contributed by atoms with Gasteiger partial charge in [0.15, 0.2) is 0 Å². The molecule has 4 rings (SSSR count). The average Bonchev–Trinajstić information content (AvgIpc) is 3.03. The van der Waals surface area contributed by atoms with Gasteiger partial charge in [0.2, 0.25) is 10.0 Å². The minimum atomic E-state index is -5.12. The Morgan fingerprint density at radius 3 is 2.21 bits per heavy atom. The molecule has 2 aromatic carbocycles. The maximum absolute atomic E-state index is 15.3. The lowest BCUT2D eigenvalue weighted by Crippen LogP contribution is -2.44. The molecule has 1 aliphatic carbocycles. The summed E-state index contributed by atoms with van der Waals surface area (Å²) in [7, 11) is -4.38. The number of fused-ring (bicyclic) bond motifs is 1. The van der Waals surface area contributed by atoms with Crippen molar-refractivity contribution in [3.8, 4) is 11.1 Å². The predicted octanol–water partition coefficient (Wildman–Crippen LogP) is 6.31. The van der Waals surface area contributed by atoms with Gasteiger partial charge in [-0.05, 0) is 50.5 Å². The smallest absolute Gasteiger partial charge is 0.389 e. The standard InChI is InChI=1S/C25H25F7N2O3S/c1-23(2,35)13-34-12-18(22(25(30,31)32)33-38(36,37)14-6-5-7-14)17-10-20(26)16(11-21(17)34)15-8-3-4-9-19(15)24(27,28)29/h3-4,8-12,14,22,33,35H,5-7,13H2,1-2H3/t22-/m0/s1. The third-order valence-corrected chi connectivity index (χ3v) is 8.41. The zero-order valence-electron chi connectivity index (χ0n) is 20.3. The Hall–Kier alpha value is -2.64. The molecule has 0 spiro atoms. The minimum Gasteiger partial charge on any atom is -0.389 e. The van der Waals surface area contributed by atoms with Gasteiger partial charge >= 0.3 is 12.4 Å². The molecule has 1 fully saturated rings. The molecule has 1 aliphatic rings. The molecule has 5 nitrogen and oxygen atoms in total. The summed E-state index contributed by atoms with van der Waals surface area (Å²) in [4.78, 5) is 0. The first-order valence-corrected chi connectivity index (χ1v) is 13.2. The van der Waals surface area contributed by atoms with Crippen LogP contribution in [0.25, 0.3) is 22.0 Å². The van der Waals surface area contributed by atoms with Crippen molar-refractivity contribution < 1.29 is 44.3 Å². The quantitative estimate of drug-likeness (QED) is 0.329. The number of rotatable bonds is 7. The van der Waals surface area contributed by atoms with Crippen molar-refractivity contribution in [2.45, 2.75) is 68.9 Å². The van der Waals surface area contributed by atoms with E-state index in [4.69, 9.17) is 0 Å². The largest absolute Gasteiger partial charge is 0.417 e. The van der Waals surface area contributed by atoms with Crippen LogP contribution in [0.3, 0.4) is 0 Å². The highest BCUT2D eigenvalue weighted by Crippen LogP contribution is 2.43. The monoisotopic (exact) mass is 566 g/mol. The molecule has 1 atom stereocenters. The van der Waals surface area contributed by atoms with E-state index in [1.807, 2.05) is 0 Å². The highest BCUT2D eigenvalue weighted by Gasteiger charge is 2.47. The molecule has 13 heteroatoms. The number of halogens is 7. The van der Waals surface area contributed by atoms with E-state index in [2.05, 4.69) is 0 Å². The van der Waals surface area contributed by atoms with Crippen LogP contribution in [0.4, 0.5) is 30.7 Å². The van der Waals surface area contributed by atoms with Gasteiger partial charge in [-0.15, -0.1) is 0 Å². The average molecular weight is 567 g/mol. The van der Waals surface area contributed by atoms with E-state index in [1.54, 1.807) is 4.72 Å². The van der Waals surface area contributed by atoms with Crippen molar-refractivity contribution in [3.05, 3.63) is 59.5 Å². The summed E-state index contributed by atoms with van der Waals surface area (Å²) in [6.45, 7) is 2.42. The van der Waals surface area contributed by atoms with Crippen molar-refractivity contribution in [1.82, 2.24) is 9.29 Å². The van der Waals surface area contributed by atoms with Gasteiger partial charge in [0.05, 0.1) is 23.0 Å². The van der Waals surface area contributed by atoms with E-state index in [0.717, 1.165) is 35.0 Å². The van der Waals surface area contributed by atoms with E-state index in [1.165, 1.54) is 19.9 Å². The van der Waals surface area contributed by atoms with Crippen LogP contribution >= 0.6 is 0 Å². The molecule has 3 aromatic rings. The lowest BCUT2D eigenvalue weighted by Gasteiger charge is -2.29. The van der Waals surface area contributed by atoms with Crippen LogP contribution in [0, 0.1) is 5.82 Å². The molecule has 1 heterocycles. The van der Waals surface area contributed by atoms with Gasteiger partial charge in [-0.3, -0.25) is 0 Å². The zero-order chi connectivity index (χ0) is 28.3. The van der Waals surface area contributed by atoms with Crippen LogP contribution in [-0.2, 0) is 22.7 Å². The Morgan fingerprint density at radius 2 is 1.68 bits per heavy atom. The van der Waals surface area contributed by atoms with Crippen LogP contribution in [-0.4, -0.2) is 35.1 Å². The SMILES string of the molecule is CC(C)(O)Cn1cc([C@H](NS(=O)(=O)C2CCC2)C(F)(F)F)c2cc(F)c(-c3ccccc3C(F)(F)F)cc21. The van der Waals surface area contributed by atoms with Crippen molar-refractivity contribution in [2.24, 2.45) is 0 Å². The molecule has 0 unspecified atom stereocenters. The Balaban J connectivity index is 1.95. The zero-order valence-corrected chi connectivity index (χ0v) is 21.1. The lowest BCUT2D eigenvalue weighted by molar-refractivity contribution is -0.152. The summed E-state index contributed by atoms with van der Waals surface area (Å²) >= 11 is 0. The first-order chi connectivity index (χ1) is 17.4. The number of alkyl halides is 6. The van der Waals surface area contributed by atoms with Crippen molar-refractivity contribution in [1.29, 1.82) is 0 Å². The second-order valence-electron chi connectivity index (χ2n) is 10.1. The van der Waals surface area contributed by atoms with Gasteiger partial charge in [0, 0.05) is 28.2 Å². The maximum atomic E-state index is 15.3. The molecular weight excluding hydrogens is 541 g/mol. The third kappa shape index (κ3) is 5.69. The summed E-state index contributed by atoms with van der Waals surface area (Å²) in [6, 6.07) is 3.11. The van der Waals surface area contributed by atoms with Gasteiger partial charge in [-0.1, -0.05) is 24.6 Å². The Kier molecular flexibility index (Phi) is 7.11. The molecule has 0 radical (unpaired) electrons. The van der Waals surface area contributed by atoms with Gasteiger partial charge < -0.3 is 9.67 Å². The summed E-state index contributed by atoms with van der Waals surface area (Å²) in [5.74, 6) is -1.22. The van der Waals surface area contributed by atoms with Gasteiger partial charge in [0.1, 0.15) is 11.9 Å². The van der Waals surface area contributed by atoms with Crippen molar-refractivity contribution in [3.63, 3.8) is 0 Å². The third-order valence-electron chi connectivity index (χ3n) is 6.49. The van der Waals surface area contributed by atoms with Crippen molar-refractivity contribution >= 4 is 20.9 Å². The normalized spacial score (nSPS) is 16.6. The van der Waals surface area contributed by atoms with E-state index in [0.29, 0.717) is 12.5 Å². The number of hydrogen-bond acceptors (Lipinski definition) is 3.